The van der Waals surface area contributed by atoms with Crippen molar-refractivity contribution in [3.63, 3.8) is 0 Å². The van der Waals surface area contributed by atoms with Gasteiger partial charge in [0, 0.05) is 12.1 Å². The third kappa shape index (κ3) is 6.88. The first-order chi connectivity index (χ1) is 10.5. The maximum atomic E-state index is 11.6. The van der Waals surface area contributed by atoms with Crippen molar-refractivity contribution in [1.29, 1.82) is 0 Å². The number of carbonyl (C=O) groups is 2. The predicted octanol–water partition coefficient (Wildman–Crippen LogP) is 1.70. The zero-order valence-corrected chi connectivity index (χ0v) is 13.3. The molecule has 0 aromatic heterocycles. The van der Waals surface area contributed by atoms with Gasteiger partial charge in [-0.2, -0.15) is 5.10 Å². The Kier molecular flexibility index (Phi) is 7.67. The van der Waals surface area contributed by atoms with Gasteiger partial charge in [0.1, 0.15) is 12.2 Å². The average Bonchev–Trinajstić information content (AvgIpc) is 2.47. The highest BCUT2D eigenvalue weighted by molar-refractivity contribution is 5.97. The highest BCUT2D eigenvalue weighted by atomic mass is 16.5. The van der Waals surface area contributed by atoms with Gasteiger partial charge in [0.25, 0.3) is 0 Å². The minimum atomic E-state index is -0.452. The van der Waals surface area contributed by atoms with E-state index in [9.17, 15) is 9.59 Å². The number of hydrazone groups is 1. The van der Waals surface area contributed by atoms with Gasteiger partial charge in [-0.1, -0.05) is 26.0 Å². The van der Waals surface area contributed by atoms with Crippen LogP contribution >= 0.6 is 0 Å². The van der Waals surface area contributed by atoms with Crippen LogP contribution in [0.25, 0.3) is 0 Å². The molecule has 2 N–H and O–H groups in total. The fourth-order valence-corrected chi connectivity index (χ4v) is 1.61. The van der Waals surface area contributed by atoms with E-state index < -0.39 is 5.91 Å². The quantitative estimate of drug-likeness (QED) is 0.436. The van der Waals surface area contributed by atoms with Crippen molar-refractivity contribution in [2.24, 2.45) is 11.0 Å². The fourth-order valence-electron chi connectivity index (χ4n) is 1.61. The summed E-state index contributed by atoms with van der Waals surface area (Å²) < 4.78 is 5.45. The molecule has 0 saturated carbocycles. The van der Waals surface area contributed by atoms with E-state index in [1.165, 1.54) is 6.21 Å². The molecule has 1 rings (SSSR count). The summed E-state index contributed by atoms with van der Waals surface area (Å²) in [5.41, 5.74) is 3.09. The summed E-state index contributed by atoms with van der Waals surface area (Å²) >= 11 is 0. The summed E-state index contributed by atoms with van der Waals surface area (Å²) in [6.45, 7) is 6.97. The van der Waals surface area contributed by atoms with Gasteiger partial charge in [0.05, 0.1) is 12.8 Å². The minimum Gasteiger partial charge on any atom is -0.493 e. The van der Waals surface area contributed by atoms with Gasteiger partial charge in [-0.25, -0.2) is 5.43 Å². The summed E-state index contributed by atoms with van der Waals surface area (Å²) in [5.74, 6) is 0.278. The first-order valence-corrected chi connectivity index (χ1v) is 7.33. The molecule has 0 spiro atoms. The largest absolute Gasteiger partial charge is 0.493 e. The van der Waals surface area contributed by atoms with Gasteiger partial charge < -0.3 is 10.1 Å². The molecule has 120 valence electrons. The monoisotopic (exact) mass is 305 g/mol. The van der Waals surface area contributed by atoms with E-state index in [0.29, 0.717) is 24.8 Å². The molecule has 6 nitrogen and oxygen atoms in total. The summed E-state index contributed by atoms with van der Waals surface area (Å²) in [5, 5.41) is 6.52. The lowest BCUT2D eigenvalue weighted by Gasteiger charge is -2.07. The summed E-state index contributed by atoms with van der Waals surface area (Å²) in [6, 6.07) is 7.37. The molecule has 0 heterocycles. The van der Waals surface area contributed by atoms with E-state index in [2.05, 4.69) is 15.8 Å². The minimum absolute atomic E-state index is 0.239. The number of nitrogens with zero attached hydrogens (tertiary/aromatic N) is 1. The van der Waals surface area contributed by atoms with E-state index in [1.54, 1.807) is 0 Å². The molecule has 0 aliphatic heterocycles. The van der Waals surface area contributed by atoms with Crippen LogP contribution in [0.4, 0.5) is 0 Å². The smallest absolute Gasteiger partial charge is 0.249 e. The van der Waals surface area contributed by atoms with Crippen LogP contribution in [-0.4, -0.2) is 31.2 Å². The van der Waals surface area contributed by atoms with Gasteiger partial charge in [0.2, 0.25) is 11.8 Å². The Labute approximate surface area is 130 Å². The van der Waals surface area contributed by atoms with Gasteiger partial charge in [-0.15, -0.1) is 0 Å². The van der Waals surface area contributed by atoms with Crippen LogP contribution in [0.1, 0.15) is 32.8 Å². The SMILES string of the molecule is CCOc1ccccc1/C=N\NC(=O)CC(=O)NCC(C)C. The van der Waals surface area contributed by atoms with E-state index in [0.717, 1.165) is 5.56 Å². The van der Waals surface area contributed by atoms with Gasteiger partial charge in [-0.3, -0.25) is 9.59 Å². The molecule has 0 unspecified atom stereocenters. The van der Waals surface area contributed by atoms with E-state index in [-0.39, 0.29) is 12.3 Å². The van der Waals surface area contributed by atoms with E-state index in [4.69, 9.17) is 4.74 Å². The molecule has 0 aliphatic rings. The zero-order valence-electron chi connectivity index (χ0n) is 13.3. The summed E-state index contributed by atoms with van der Waals surface area (Å²) in [6.07, 6.45) is 1.26. The van der Waals surface area contributed by atoms with Crippen molar-refractivity contribution in [3.8, 4) is 5.75 Å². The highest BCUT2D eigenvalue weighted by Crippen LogP contribution is 2.15. The van der Waals surface area contributed by atoms with Crippen LogP contribution in [0.3, 0.4) is 0 Å². The first-order valence-electron chi connectivity index (χ1n) is 7.33. The maximum absolute atomic E-state index is 11.6. The lowest BCUT2D eigenvalue weighted by molar-refractivity contribution is -0.129. The van der Waals surface area contributed by atoms with Gasteiger partial charge >= 0.3 is 0 Å². The number of rotatable bonds is 8. The molecular weight excluding hydrogens is 282 g/mol. The second kappa shape index (κ2) is 9.55. The van der Waals surface area contributed by atoms with Crippen LogP contribution in [0.2, 0.25) is 0 Å². The second-order valence-electron chi connectivity index (χ2n) is 5.14. The molecule has 0 aliphatic carbocycles. The number of para-hydroxylation sites is 1. The van der Waals surface area contributed by atoms with Gasteiger partial charge in [0.15, 0.2) is 0 Å². The summed E-state index contributed by atoms with van der Waals surface area (Å²) in [7, 11) is 0. The van der Waals surface area contributed by atoms with Crippen LogP contribution in [-0.2, 0) is 9.59 Å². The lowest BCUT2D eigenvalue weighted by Crippen LogP contribution is -2.32. The number of hydrogen-bond donors (Lipinski definition) is 2. The molecule has 0 bridgehead atoms. The second-order valence-corrected chi connectivity index (χ2v) is 5.14. The number of carbonyl (C=O) groups excluding carboxylic acids is 2. The Hall–Kier alpha value is -2.37. The Bertz CT molecular complexity index is 527. The van der Waals surface area contributed by atoms with Crippen molar-refractivity contribution in [1.82, 2.24) is 10.7 Å². The Morgan fingerprint density at radius 2 is 2.00 bits per heavy atom. The number of amides is 2. The molecule has 0 radical (unpaired) electrons. The molecule has 2 amide bonds. The molecule has 1 aromatic rings. The molecule has 6 heteroatoms. The Morgan fingerprint density at radius 3 is 2.68 bits per heavy atom. The van der Waals surface area contributed by atoms with Crippen molar-refractivity contribution < 1.29 is 14.3 Å². The number of nitrogens with one attached hydrogen (secondary N) is 2. The van der Waals surface area contributed by atoms with Gasteiger partial charge in [-0.05, 0) is 25.0 Å². The third-order valence-corrected chi connectivity index (χ3v) is 2.64. The Morgan fingerprint density at radius 1 is 1.27 bits per heavy atom. The highest BCUT2D eigenvalue weighted by Gasteiger charge is 2.08. The maximum Gasteiger partial charge on any atom is 0.249 e. The fraction of sp³-hybridized carbons (Fsp3) is 0.438. The van der Waals surface area contributed by atoms with E-state index in [1.807, 2.05) is 45.0 Å². The summed E-state index contributed by atoms with van der Waals surface area (Å²) in [4.78, 5) is 23.1. The van der Waals surface area contributed by atoms with Crippen molar-refractivity contribution >= 4 is 18.0 Å². The first kappa shape index (κ1) is 17.7. The van der Waals surface area contributed by atoms with Crippen LogP contribution in [0.15, 0.2) is 29.4 Å². The number of benzene rings is 1. The topological polar surface area (TPSA) is 79.8 Å². The number of hydrogen-bond acceptors (Lipinski definition) is 4. The molecule has 1 aromatic carbocycles. The number of ether oxygens (including phenoxy) is 1. The molecule has 0 atom stereocenters. The average molecular weight is 305 g/mol. The van der Waals surface area contributed by atoms with Crippen LogP contribution in [0, 0.1) is 5.92 Å². The van der Waals surface area contributed by atoms with Crippen molar-refractivity contribution in [2.45, 2.75) is 27.2 Å². The third-order valence-electron chi connectivity index (χ3n) is 2.64. The predicted molar refractivity (Wildman–Crippen MR) is 85.8 cm³/mol. The zero-order chi connectivity index (χ0) is 16.4. The standard InChI is InChI=1S/C16H23N3O3/c1-4-22-14-8-6-5-7-13(14)11-18-19-16(21)9-15(20)17-10-12(2)3/h5-8,11-12H,4,9-10H2,1-3H3,(H,17,20)(H,19,21)/b18-11-. The Balaban J connectivity index is 2.45. The van der Waals surface area contributed by atoms with Crippen molar-refractivity contribution in [2.75, 3.05) is 13.2 Å². The molecule has 0 fully saturated rings. The normalized spacial score (nSPS) is 10.7. The van der Waals surface area contributed by atoms with E-state index >= 15 is 0 Å². The lowest BCUT2D eigenvalue weighted by atomic mass is 10.2. The van der Waals surface area contributed by atoms with Crippen LogP contribution < -0.4 is 15.5 Å². The molecular formula is C16H23N3O3. The molecule has 0 saturated heterocycles. The van der Waals surface area contributed by atoms with Crippen LogP contribution in [0.5, 0.6) is 5.75 Å². The molecule has 22 heavy (non-hydrogen) atoms. The van der Waals surface area contributed by atoms with Crippen molar-refractivity contribution in [3.05, 3.63) is 29.8 Å².